The van der Waals surface area contributed by atoms with E-state index in [1.807, 2.05) is 0 Å². The fourth-order valence-corrected chi connectivity index (χ4v) is 6.83. The second kappa shape index (κ2) is 27.2. The number of thiol groups is 2. The zero-order valence-corrected chi connectivity index (χ0v) is 27.8. The van der Waals surface area contributed by atoms with Crippen LogP contribution in [-0.2, 0) is 9.59 Å². The van der Waals surface area contributed by atoms with Crippen LogP contribution in [0.3, 0.4) is 0 Å². The minimum Gasteiger partial charge on any atom is -0.287 e. The normalized spacial score (nSPS) is 14.8. The molecule has 4 unspecified atom stereocenters. The van der Waals surface area contributed by atoms with Gasteiger partial charge in [0.15, 0.2) is 10.2 Å². The van der Waals surface area contributed by atoms with Crippen LogP contribution in [0.4, 0.5) is 0 Å². The Balaban J connectivity index is 4.57. The lowest BCUT2D eigenvalue weighted by Gasteiger charge is -2.24. The molecule has 0 rings (SSSR count). The maximum absolute atomic E-state index is 11.9. The van der Waals surface area contributed by atoms with Crippen molar-refractivity contribution >= 4 is 35.5 Å². The van der Waals surface area contributed by atoms with E-state index in [9.17, 15) is 9.59 Å². The van der Waals surface area contributed by atoms with Crippen LogP contribution in [0.25, 0.3) is 0 Å². The lowest BCUT2D eigenvalue weighted by atomic mass is 9.82. The summed E-state index contributed by atoms with van der Waals surface area (Å²) in [7, 11) is 0. The molecule has 0 aromatic carbocycles. The van der Waals surface area contributed by atoms with E-state index in [-0.39, 0.29) is 10.2 Å². The highest BCUT2D eigenvalue weighted by molar-refractivity contribution is 7.96. The highest BCUT2D eigenvalue weighted by Gasteiger charge is 2.20. The molecule has 0 radical (unpaired) electrons. The number of hydrogen-bond acceptors (Lipinski definition) is 2. The lowest BCUT2D eigenvalue weighted by Crippen LogP contribution is -2.13. The average molecular weight is 571 g/mol. The summed E-state index contributed by atoms with van der Waals surface area (Å²) in [5, 5.41) is 0.0897. The van der Waals surface area contributed by atoms with Gasteiger partial charge in [-0.3, -0.25) is 9.59 Å². The summed E-state index contributed by atoms with van der Waals surface area (Å²) in [6, 6.07) is 0. The van der Waals surface area contributed by atoms with Crippen molar-refractivity contribution < 1.29 is 9.59 Å². The first-order chi connectivity index (χ1) is 18.4. The van der Waals surface area contributed by atoms with Crippen molar-refractivity contribution in [3.63, 3.8) is 0 Å². The maximum atomic E-state index is 11.9. The van der Waals surface area contributed by atoms with E-state index in [0.717, 1.165) is 37.5 Å². The summed E-state index contributed by atoms with van der Waals surface area (Å²) >= 11 is 8.27. The van der Waals surface area contributed by atoms with Gasteiger partial charge in [0.05, 0.1) is 0 Å². The molecule has 0 amide bonds. The molecule has 0 heterocycles. The third kappa shape index (κ3) is 23.9. The van der Waals surface area contributed by atoms with Crippen LogP contribution in [0.2, 0.25) is 0 Å². The number of hydrogen-bond donors (Lipinski definition) is 2. The molecule has 0 saturated heterocycles. The van der Waals surface area contributed by atoms with Crippen LogP contribution in [0.15, 0.2) is 0 Å². The largest absolute Gasteiger partial charge is 0.287 e. The van der Waals surface area contributed by atoms with Crippen molar-refractivity contribution in [2.24, 2.45) is 23.7 Å². The Kier molecular flexibility index (Phi) is 27.3. The minimum atomic E-state index is 0.0449. The predicted molar refractivity (Wildman–Crippen MR) is 175 cm³/mol. The van der Waals surface area contributed by atoms with Crippen LogP contribution in [0.5, 0.6) is 0 Å². The van der Waals surface area contributed by atoms with Gasteiger partial charge in [0, 0.05) is 12.8 Å². The van der Waals surface area contributed by atoms with Crippen molar-refractivity contribution in [3.8, 4) is 0 Å². The minimum absolute atomic E-state index is 0.0449. The summed E-state index contributed by atoms with van der Waals surface area (Å²) in [4.78, 5) is 23.8. The Labute approximate surface area is 249 Å². The molecule has 0 aliphatic carbocycles. The summed E-state index contributed by atoms with van der Waals surface area (Å²) in [5.74, 6) is 2.40. The van der Waals surface area contributed by atoms with Crippen molar-refractivity contribution in [2.75, 3.05) is 0 Å². The summed E-state index contributed by atoms with van der Waals surface area (Å²) in [6.45, 7) is 9.18. The van der Waals surface area contributed by atoms with E-state index >= 15 is 0 Å². The molecule has 0 aromatic rings. The first kappa shape index (κ1) is 38.0. The van der Waals surface area contributed by atoms with Crippen molar-refractivity contribution in [3.05, 3.63) is 0 Å². The number of rotatable bonds is 29. The standard InChI is InChI=1S/C34H66O2S2/c1-5-9-11-13-15-17-21-29(7-3)25-31(27-33(35)37)23-19-20-24-32(28-34(36)38)26-30(8-4)22-18-16-14-12-10-6-2/h29-32H,5-28H2,1-4H3,(H,35,37)(H,36,38). The van der Waals surface area contributed by atoms with E-state index in [4.69, 9.17) is 0 Å². The van der Waals surface area contributed by atoms with Crippen LogP contribution in [0.1, 0.15) is 182 Å². The average Bonchev–Trinajstić information content (AvgIpc) is 2.88. The summed E-state index contributed by atoms with van der Waals surface area (Å²) in [6.07, 6.45) is 29.4. The first-order valence-electron chi connectivity index (χ1n) is 16.8. The zero-order valence-electron chi connectivity index (χ0n) is 26.0. The highest BCUT2D eigenvalue weighted by Crippen LogP contribution is 2.31. The van der Waals surface area contributed by atoms with Crippen LogP contribution < -0.4 is 0 Å². The fourth-order valence-electron chi connectivity index (χ4n) is 6.31. The Bertz CT molecular complexity index is 503. The van der Waals surface area contributed by atoms with Gasteiger partial charge >= 0.3 is 0 Å². The molecule has 0 aromatic heterocycles. The molecule has 2 nitrogen and oxygen atoms in total. The second-order valence-corrected chi connectivity index (χ2v) is 13.3. The second-order valence-electron chi connectivity index (χ2n) is 12.3. The van der Waals surface area contributed by atoms with E-state index in [1.165, 1.54) is 116 Å². The van der Waals surface area contributed by atoms with Gasteiger partial charge < -0.3 is 0 Å². The highest BCUT2D eigenvalue weighted by atomic mass is 32.1. The molecular weight excluding hydrogens is 505 g/mol. The molecule has 0 saturated carbocycles. The van der Waals surface area contributed by atoms with E-state index in [0.29, 0.717) is 24.7 Å². The number of carbonyl (C=O) groups is 2. The van der Waals surface area contributed by atoms with Gasteiger partial charge in [0.1, 0.15) is 0 Å². The van der Waals surface area contributed by atoms with Crippen LogP contribution in [-0.4, -0.2) is 10.2 Å². The molecule has 0 spiro atoms. The van der Waals surface area contributed by atoms with Crippen molar-refractivity contribution in [1.82, 2.24) is 0 Å². The van der Waals surface area contributed by atoms with Gasteiger partial charge in [-0.1, -0.05) is 143 Å². The molecule has 0 aliphatic heterocycles. The Morgan fingerprint density at radius 1 is 0.447 bits per heavy atom. The van der Waals surface area contributed by atoms with Crippen molar-refractivity contribution in [2.45, 2.75) is 182 Å². The molecule has 4 heteroatoms. The molecular formula is C34H66O2S2. The smallest absolute Gasteiger partial charge is 0.186 e. The van der Waals surface area contributed by atoms with E-state index in [1.54, 1.807) is 0 Å². The molecule has 0 bridgehead atoms. The molecule has 38 heavy (non-hydrogen) atoms. The van der Waals surface area contributed by atoms with Gasteiger partial charge in [-0.05, 0) is 49.4 Å². The van der Waals surface area contributed by atoms with E-state index < -0.39 is 0 Å². The number of carbonyl (C=O) groups excluding carboxylic acids is 2. The Morgan fingerprint density at radius 3 is 1.05 bits per heavy atom. The maximum Gasteiger partial charge on any atom is 0.186 e. The molecule has 0 fully saturated rings. The van der Waals surface area contributed by atoms with Gasteiger partial charge in [-0.15, -0.1) is 25.3 Å². The zero-order chi connectivity index (χ0) is 28.4. The molecule has 0 N–H and O–H groups in total. The SMILES string of the molecule is CCCCCCCCC(CC)CC(CCCCC(CC(=O)S)CC(CC)CCCCCCCC)CC(=O)S. The van der Waals surface area contributed by atoms with E-state index in [2.05, 4.69) is 53.0 Å². The third-order valence-corrected chi connectivity index (χ3v) is 9.19. The fraction of sp³-hybridized carbons (Fsp3) is 0.941. The Hall–Kier alpha value is 0.0400. The Morgan fingerprint density at radius 2 is 0.737 bits per heavy atom. The quantitative estimate of drug-likeness (QED) is 0.0692. The molecule has 0 aliphatic rings. The van der Waals surface area contributed by atoms with Crippen molar-refractivity contribution in [1.29, 1.82) is 0 Å². The summed E-state index contributed by atoms with van der Waals surface area (Å²) in [5.41, 5.74) is 0. The van der Waals surface area contributed by atoms with Crippen LogP contribution in [0, 0.1) is 23.7 Å². The van der Waals surface area contributed by atoms with Gasteiger partial charge in [-0.2, -0.15) is 0 Å². The summed E-state index contributed by atoms with van der Waals surface area (Å²) < 4.78 is 0. The number of unbranched alkanes of at least 4 members (excludes halogenated alkanes) is 11. The van der Waals surface area contributed by atoms with Gasteiger partial charge in [0.25, 0.3) is 0 Å². The molecule has 4 atom stereocenters. The first-order valence-corrected chi connectivity index (χ1v) is 17.7. The molecule has 226 valence electrons. The lowest BCUT2D eigenvalue weighted by molar-refractivity contribution is -0.112. The van der Waals surface area contributed by atoms with Crippen LogP contribution >= 0.6 is 25.3 Å². The monoisotopic (exact) mass is 570 g/mol. The third-order valence-electron chi connectivity index (χ3n) is 8.82. The van der Waals surface area contributed by atoms with Gasteiger partial charge in [0.2, 0.25) is 0 Å². The predicted octanol–water partition coefficient (Wildman–Crippen LogP) is 11.8. The topological polar surface area (TPSA) is 34.1 Å². The van der Waals surface area contributed by atoms with Gasteiger partial charge in [-0.25, -0.2) is 0 Å².